The van der Waals surface area contributed by atoms with Crippen LogP contribution in [0.15, 0.2) is 48.5 Å². The molecule has 1 aliphatic carbocycles. The first-order chi connectivity index (χ1) is 24.3. The van der Waals surface area contributed by atoms with Crippen molar-refractivity contribution >= 4 is 56.1 Å². The molecule has 50 heavy (non-hydrogen) atoms. The Morgan fingerprint density at radius 3 is 1.54 bits per heavy atom. The maximum atomic E-state index is 13.0. The maximum absolute atomic E-state index is 13.0. The third-order valence-electron chi connectivity index (χ3n) is 10.0. The van der Waals surface area contributed by atoms with Crippen LogP contribution in [0.3, 0.4) is 0 Å². The van der Waals surface area contributed by atoms with Gasteiger partial charge in [-0.2, -0.15) is 0 Å². The summed E-state index contributed by atoms with van der Waals surface area (Å²) >= 11 is 2.93. The molecule has 2 aliphatic heterocycles. The average molecular weight is 715 g/mol. The van der Waals surface area contributed by atoms with Crippen molar-refractivity contribution in [2.24, 2.45) is 0 Å². The summed E-state index contributed by atoms with van der Waals surface area (Å²) in [5.74, 6) is 0.310. The molecule has 12 nitrogen and oxygen atoms in total. The SMILES string of the molecule is CN1CCN(c2cccc(CC(=O)Nc3nnc(C4CCCC(c5nnc(NC(=O)Cc6cccc(N7CCN(C)CC7)c6)s5)C4)s3)c2)CC1. The van der Waals surface area contributed by atoms with Crippen LogP contribution in [-0.2, 0) is 22.4 Å². The molecule has 0 spiro atoms. The molecule has 264 valence electrons. The Morgan fingerprint density at radius 2 is 1.10 bits per heavy atom. The van der Waals surface area contributed by atoms with E-state index in [2.05, 4.69) is 89.0 Å². The van der Waals surface area contributed by atoms with Crippen molar-refractivity contribution in [1.29, 1.82) is 0 Å². The Kier molecular flexibility index (Phi) is 11.0. The third-order valence-corrected chi connectivity index (χ3v) is 12.0. The lowest BCUT2D eigenvalue weighted by Crippen LogP contribution is -2.44. The van der Waals surface area contributed by atoms with E-state index in [9.17, 15) is 9.59 Å². The molecule has 4 aromatic rings. The second kappa shape index (κ2) is 15.9. The fourth-order valence-corrected chi connectivity index (χ4v) is 8.91. The summed E-state index contributed by atoms with van der Waals surface area (Å²) in [6.07, 6.45) is 4.57. The second-order valence-electron chi connectivity index (χ2n) is 13.8. The van der Waals surface area contributed by atoms with E-state index in [1.165, 1.54) is 34.0 Å². The molecule has 2 atom stereocenters. The standard InChI is InChI=1S/C36H46N10O2S2/c1-43-12-16-45(17-13-43)29-10-3-6-25(20-29)22-31(47)37-35-41-39-33(49-35)27-8-5-9-28(24-27)34-40-42-36(50-34)38-32(48)23-26-7-4-11-30(21-26)46-18-14-44(2)15-19-46/h3-4,6-7,10-11,20-21,27-28H,5,8-9,12-19,22-24H2,1-2H3,(H,37,41,47)(H,38,42,48). The molecule has 2 aromatic heterocycles. The summed E-state index contributed by atoms with van der Waals surface area (Å²) in [5, 5.41) is 26.5. The largest absolute Gasteiger partial charge is 0.369 e. The number of amides is 2. The molecular weight excluding hydrogens is 669 g/mol. The number of carbonyl (C=O) groups is 2. The van der Waals surface area contributed by atoms with Gasteiger partial charge in [-0.15, -0.1) is 20.4 Å². The Hall–Kier alpha value is -3.98. The molecule has 4 heterocycles. The van der Waals surface area contributed by atoms with Gasteiger partial charge in [-0.25, -0.2) is 0 Å². The number of carbonyl (C=O) groups excluding carboxylic acids is 2. The van der Waals surface area contributed by atoms with Crippen molar-refractivity contribution in [2.75, 3.05) is 86.9 Å². The van der Waals surface area contributed by atoms with Gasteiger partial charge >= 0.3 is 0 Å². The number of hydrogen-bond acceptors (Lipinski definition) is 12. The van der Waals surface area contributed by atoms with Crippen molar-refractivity contribution in [3.8, 4) is 0 Å². The number of aromatic nitrogens is 4. The van der Waals surface area contributed by atoms with Crippen molar-refractivity contribution < 1.29 is 9.59 Å². The zero-order chi connectivity index (χ0) is 34.5. The Labute approximate surface area is 301 Å². The molecule has 0 radical (unpaired) electrons. The van der Waals surface area contributed by atoms with Gasteiger partial charge in [-0.3, -0.25) is 9.59 Å². The van der Waals surface area contributed by atoms with Crippen LogP contribution in [0.1, 0.15) is 58.7 Å². The minimum Gasteiger partial charge on any atom is -0.369 e. The summed E-state index contributed by atoms with van der Waals surface area (Å²) in [6.45, 7) is 8.13. The van der Waals surface area contributed by atoms with Crippen LogP contribution in [0.25, 0.3) is 0 Å². The van der Waals surface area contributed by atoms with Crippen LogP contribution in [0.4, 0.5) is 21.6 Å². The number of benzene rings is 2. The van der Waals surface area contributed by atoms with Crippen LogP contribution in [-0.4, -0.2) is 108 Å². The lowest BCUT2D eigenvalue weighted by molar-refractivity contribution is -0.116. The monoisotopic (exact) mass is 714 g/mol. The number of nitrogens with zero attached hydrogens (tertiary/aromatic N) is 8. The molecule has 3 aliphatic rings. The number of rotatable bonds is 10. The zero-order valence-electron chi connectivity index (χ0n) is 28.9. The molecule has 2 N–H and O–H groups in total. The topological polar surface area (TPSA) is 123 Å². The van der Waals surface area contributed by atoms with Crippen molar-refractivity contribution in [3.63, 3.8) is 0 Å². The fourth-order valence-electron chi connectivity index (χ4n) is 7.09. The van der Waals surface area contributed by atoms with Gasteiger partial charge in [0.1, 0.15) is 10.0 Å². The highest BCUT2D eigenvalue weighted by Gasteiger charge is 2.30. The van der Waals surface area contributed by atoms with Gasteiger partial charge in [-0.05, 0) is 68.8 Å². The first-order valence-corrected chi connectivity index (χ1v) is 19.3. The number of piperazine rings is 2. The molecule has 3 fully saturated rings. The van der Waals surface area contributed by atoms with Crippen LogP contribution < -0.4 is 20.4 Å². The van der Waals surface area contributed by atoms with E-state index >= 15 is 0 Å². The Bertz CT molecular complexity index is 1640. The predicted molar refractivity (Wildman–Crippen MR) is 201 cm³/mol. The van der Waals surface area contributed by atoms with Crippen LogP contribution in [0.5, 0.6) is 0 Å². The van der Waals surface area contributed by atoms with Gasteiger partial charge < -0.3 is 30.2 Å². The van der Waals surface area contributed by atoms with Gasteiger partial charge in [-0.1, -0.05) is 53.4 Å². The number of hydrogen-bond donors (Lipinski definition) is 2. The van der Waals surface area contributed by atoms with E-state index in [1.807, 2.05) is 24.3 Å². The normalized spacial score (nSPS) is 20.5. The van der Waals surface area contributed by atoms with Gasteiger partial charge in [0.15, 0.2) is 0 Å². The molecule has 1 saturated carbocycles. The summed E-state index contributed by atoms with van der Waals surface area (Å²) in [4.78, 5) is 35.4. The van der Waals surface area contributed by atoms with Crippen molar-refractivity contribution in [2.45, 2.75) is 50.4 Å². The van der Waals surface area contributed by atoms with E-state index in [0.29, 0.717) is 23.1 Å². The van der Waals surface area contributed by atoms with E-state index in [4.69, 9.17) is 0 Å². The Balaban J connectivity index is 0.895. The molecule has 2 amide bonds. The minimum absolute atomic E-state index is 0.0871. The highest BCUT2D eigenvalue weighted by atomic mass is 32.1. The first kappa shape index (κ1) is 34.5. The second-order valence-corrected chi connectivity index (χ2v) is 15.8. The van der Waals surface area contributed by atoms with Crippen LogP contribution in [0.2, 0.25) is 0 Å². The van der Waals surface area contributed by atoms with Crippen LogP contribution >= 0.6 is 22.7 Å². The van der Waals surface area contributed by atoms with Gasteiger partial charge in [0, 0.05) is 75.6 Å². The van der Waals surface area contributed by atoms with Crippen LogP contribution in [0, 0.1) is 0 Å². The lowest BCUT2D eigenvalue weighted by Gasteiger charge is -2.34. The molecular formula is C36H46N10O2S2. The summed E-state index contributed by atoms with van der Waals surface area (Å²) in [7, 11) is 4.30. The highest BCUT2D eigenvalue weighted by Crippen LogP contribution is 2.43. The van der Waals surface area contributed by atoms with E-state index in [0.717, 1.165) is 99.2 Å². The number of anilines is 4. The van der Waals surface area contributed by atoms with E-state index < -0.39 is 0 Å². The molecule has 14 heteroatoms. The smallest absolute Gasteiger partial charge is 0.230 e. The molecule has 7 rings (SSSR count). The van der Waals surface area contributed by atoms with E-state index in [1.54, 1.807) is 0 Å². The maximum Gasteiger partial charge on any atom is 0.230 e. The van der Waals surface area contributed by atoms with E-state index in [-0.39, 0.29) is 23.7 Å². The molecule has 2 saturated heterocycles. The van der Waals surface area contributed by atoms with Crippen molar-refractivity contribution in [1.82, 2.24) is 30.2 Å². The highest BCUT2D eigenvalue weighted by molar-refractivity contribution is 7.15. The van der Waals surface area contributed by atoms with Gasteiger partial charge in [0.25, 0.3) is 0 Å². The molecule has 2 aromatic carbocycles. The summed E-state index contributed by atoms with van der Waals surface area (Å²) < 4.78 is 0. The Morgan fingerprint density at radius 1 is 0.660 bits per heavy atom. The molecule has 2 unspecified atom stereocenters. The fraction of sp³-hybridized carbons (Fsp3) is 0.500. The lowest BCUT2D eigenvalue weighted by atomic mass is 9.82. The predicted octanol–water partition coefficient (Wildman–Crippen LogP) is 4.70. The van der Waals surface area contributed by atoms with Gasteiger partial charge in [0.05, 0.1) is 12.8 Å². The first-order valence-electron chi connectivity index (χ1n) is 17.7. The van der Waals surface area contributed by atoms with Gasteiger partial charge in [0.2, 0.25) is 22.1 Å². The quantitative estimate of drug-likeness (QED) is 0.239. The average Bonchev–Trinajstić information content (AvgIpc) is 3.79. The molecule has 0 bridgehead atoms. The minimum atomic E-state index is -0.0871. The van der Waals surface area contributed by atoms with Crippen molar-refractivity contribution in [3.05, 3.63) is 69.7 Å². The zero-order valence-corrected chi connectivity index (χ0v) is 30.5. The number of nitrogens with one attached hydrogen (secondary N) is 2. The summed E-state index contributed by atoms with van der Waals surface area (Å²) in [5.41, 5.74) is 4.31. The number of likely N-dealkylation sites (N-methyl/N-ethyl adjacent to an activating group) is 2. The summed E-state index contributed by atoms with van der Waals surface area (Å²) in [6, 6.07) is 16.6. The third kappa shape index (κ3) is 8.84.